The lowest BCUT2D eigenvalue weighted by atomic mass is 10.1. The smallest absolute Gasteiger partial charge is 0.266 e. The highest BCUT2D eigenvalue weighted by Gasteiger charge is 2.15. The van der Waals surface area contributed by atoms with Gasteiger partial charge in [-0.2, -0.15) is 5.10 Å². The highest BCUT2D eigenvalue weighted by molar-refractivity contribution is 7.99. The number of hydrogen-bond donors (Lipinski definition) is 1. The van der Waals surface area contributed by atoms with Crippen LogP contribution in [0, 0.1) is 0 Å². The Morgan fingerprint density at radius 2 is 1.79 bits per heavy atom. The molecule has 0 fully saturated rings. The van der Waals surface area contributed by atoms with Crippen LogP contribution in [-0.2, 0) is 4.79 Å². The van der Waals surface area contributed by atoms with Crippen LogP contribution in [0.25, 0.3) is 16.6 Å². The Hall–Kier alpha value is -3.62. The highest BCUT2D eigenvalue weighted by atomic mass is 35.5. The molecule has 0 unspecified atom stereocenters. The summed E-state index contributed by atoms with van der Waals surface area (Å²) in [5, 5.41) is 5.63. The SMILES string of the molecule is COc1ccc(/C(C)=N/NC(=O)CSc2nc3ccccc3c(=O)n2-c2ccc(Cl)cc2)cc1. The summed E-state index contributed by atoms with van der Waals surface area (Å²) in [7, 11) is 1.60. The first-order chi connectivity index (χ1) is 16.5. The number of hydrogen-bond acceptors (Lipinski definition) is 6. The molecule has 7 nitrogen and oxygen atoms in total. The molecule has 1 N–H and O–H groups in total. The van der Waals surface area contributed by atoms with Crippen molar-refractivity contribution < 1.29 is 9.53 Å². The second-order valence-corrected chi connectivity index (χ2v) is 8.66. The standard InChI is InChI=1S/C25H21ClN4O3S/c1-16(17-7-13-20(33-2)14-8-17)28-29-23(31)15-34-25-27-22-6-4-3-5-21(22)24(32)30(25)19-11-9-18(26)10-12-19/h3-14H,15H2,1-2H3,(H,29,31)/b28-16+. The minimum absolute atomic E-state index is 0.0256. The number of aromatic nitrogens is 2. The minimum Gasteiger partial charge on any atom is -0.497 e. The molecule has 4 rings (SSSR count). The predicted molar refractivity (Wildman–Crippen MR) is 136 cm³/mol. The normalized spacial score (nSPS) is 11.4. The third kappa shape index (κ3) is 5.30. The summed E-state index contributed by atoms with van der Waals surface area (Å²) in [6.45, 7) is 1.80. The number of fused-ring (bicyclic) bond motifs is 1. The van der Waals surface area contributed by atoms with Crippen LogP contribution in [0.4, 0.5) is 0 Å². The molecular weight excluding hydrogens is 472 g/mol. The molecule has 9 heteroatoms. The zero-order valence-corrected chi connectivity index (χ0v) is 20.1. The fraction of sp³-hybridized carbons (Fsp3) is 0.120. The summed E-state index contributed by atoms with van der Waals surface area (Å²) in [5.74, 6) is 0.451. The van der Waals surface area contributed by atoms with Crippen LogP contribution < -0.4 is 15.7 Å². The maximum absolute atomic E-state index is 13.2. The maximum Gasteiger partial charge on any atom is 0.266 e. The highest BCUT2D eigenvalue weighted by Crippen LogP contribution is 2.22. The van der Waals surface area contributed by atoms with Crippen molar-refractivity contribution in [3.05, 3.63) is 93.7 Å². The van der Waals surface area contributed by atoms with E-state index >= 15 is 0 Å². The Morgan fingerprint density at radius 1 is 1.09 bits per heavy atom. The zero-order chi connectivity index (χ0) is 24.1. The summed E-state index contributed by atoms with van der Waals surface area (Å²) in [6, 6.07) is 21.4. The first-order valence-corrected chi connectivity index (χ1v) is 11.7. The average molecular weight is 493 g/mol. The lowest BCUT2D eigenvalue weighted by molar-refractivity contribution is -0.118. The number of nitrogens with one attached hydrogen (secondary N) is 1. The molecule has 0 atom stereocenters. The summed E-state index contributed by atoms with van der Waals surface area (Å²) in [5.41, 5.74) is 5.04. The molecule has 0 saturated heterocycles. The van der Waals surface area contributed by atoms with Crippen LogP contribution in [-0.4, -0.2) is 34.0 Å². The van der Waals surface area contributed by atoms with E-state index in [9.17, 15) is 9.59 Å². The average Bonchev–Trinajstić information content (AvgIpc) is 2.87. The number of nitrogens with zero attached hydrogens (tertiary/aromatic N) is 3. The van der Waals surface area contributed by atoms with Gasteiger partial charge in [0.15, 0.2) is 5.16 Å². The summed E-state index contributed by atoms with van der Waals surface area (Å²) in [6.07, 6.45) is 0. The number of ether oxygens (including phenoxy) is 1. The predicted octanol–water partition coefficient (Wildman–Crippen LogP) is 4.68. The van der Waals surface area contributed by atoms with Gasteiger partial charge < -0.3 is 4.74 Å². The Morgan fingerprint density at radius 3 is 2.50 bits per heavy atom. The molecule has 1 heterocycles. The van der Waals surface area contributed by atoms with Gasteiger partial charge in [0, 0.05) is 5.02 Å². The van der Waals surface area contributed by atoms with Gasteiger partial charge >= 0.3 is 0 Å². The van der Waals surface area contributed by atoms with Crippen LogP contribution in [0.2, 0.25) is 5.02 Å². The molecule has 172 valence electrons. The van der Waals surface area contributed by atoms with E-state index in [1.54, 1.807) is 56.5 Å². The molecule has 4 aromatic rings. The number of para-hydroxylation sites is 1. The van der Waals surface area contributed by atoms with Crippen molar-refractivity contribution in [3.8, 4) is 11.4 Å². The number of carbonyl (C=O) groups is 1. The van der Waals surface area contributed by atoms with Crippen molar-refractivity contribution in [3.63, 3.8) is 0 Å². The van der Waals surface area contributed by atoms with Crippen LogP contribution in [0.5, 0.6) is 5.75 Å². The maximum atomic E-state index is 13.2. The number of thioether (sulfide) groups is 1. The summed E-state index contributed by atoms with van der Waals surface area (Å²) in [4.78, 5) is 30.4. The molecule has 0 aliphatic heterocycles. The molecule has 0 aliphatic carbocycles. The van der Waals surface area contributed by atoms with Crippen molar-refractivity contribution >= 4 is 45.9 Å². The Bertz CT molecular complexity index is 1420. The molecule has 1 amide bonds. The first kappa shape index (κ1) is 23.5. The summed E-state index contributed by atoms with van der Waals surface area (Å²) >= 11 is 7.17. The topological polar surface area (TPSA) is 85.6 Å². The Balaban J connectivity index is 1.55. The number of methoxy groups -OCH3 is 1. The van der Waals surface area contributed by atoms with E-state index in [0.717, 1.165) is 23.1 Å². The van der Waals surface area contributed by atoms with E-state index in [-0.39, 0.29) is 17.2 Å². The molecule has 0 saturated carbocycles. The van der Waals surface area contributed by atoms with Gasteiger partial charge in [0.05, 0.1) is 35.2 Å². The van der Waals surface area contributed by atoms with Gasteiger partial charge in [0.1, 0.15) is 5.75 Å². The minimum atomic E-state index is -0.317. The largest absolute Gasteiger partial charge is 0.497 e. The van der Waals surface area contributed by atoms with Gasteiger partial charge in [0.25, 0.3) is 11.5 Å². The van der Waals surface area contributed by atoms with Crippen molar-refractivity contribution in [1.82, 2.24) is 15.0 Å². The van der Waals surface area contributed by atoms with Gasteiger partial charge in [-0.05, 0) is 73.2 Å². The lowest BCUT2D eigenvalue weighted by Gasteiger charge is -2.13. The lowest BCUT2D eigenvalue weighted by Crippen LogP contribution is -2.24. The monoisotopic (exact) mass is 492 g/mol. The Kier molecular flexibility index (Phi) is 7.30. The van der Waals surface area contributed by atoms with Gasteiger partial charge in [-0.15, -0.1) is 0 Å². The van der Waals surface area contributed by atoms with E-state index in [0.29, 0.717) is 32.5 Å². The molecule has 0 radical (unpaired) electrons. The first-order valence-electron chi connectivity index (χ1n) is 10.3. The van der Waals surface area contributed by atoms with Crippen molar-refractivity contribution in [2.75, 3.05) is 12.9 Å². The molecule has 0 spiro atoms. The fourth-order valence-electron chi connectivity index (χ4n) is 3.23. The number of carbonyl (C=O) groups excluding carboxylic acids is 1. The summed E-state index contributed by atoms with van der Waals surface area (Å²) < 4.78 is 6.64. The van der Waals surface area contributed by atoms with Crippen LogP contribution in [0.3, 0.4) is 0 Å². The molecule has 1 aromatic heterocycles. The van der Waals surface area contributed by atoms with E-state index in [1.807, 2.05) is 30.3 Å². The van der Waals surface area contributed by atoms with Gasteiger partial charge in [0.2, 0.25) is 0 Å². The van der Waals surface area contributed by atoms with Crippen molar-refractivity contribution in [2.45, 2.75) is 12.1 Å². The number of benzene rings is 3. The van der Waals surface area contributed by atoms with Crippen LogP contribution >= 0.6 is 23.4 Å². The third-order valence-electron chi connectivity index (χ3n) is 5.02. The second-order valence-electron chi connectivity index (χ2n) is 7.28. The number of amides is 1. The van der Waals surface area contributed by atoms with E-state index < -0.39 is 0 Å². The van der Waals surface area contributed by atoms with E-state index in [1.165, 1.54) is 4.57 Å². The van der Waals surface area contributed by atoms with E-state index in [2.05, 4.69) is 15.5 Å². The molecule has 0 bridgehead atoms. The zero-order valence-electron chi connectivity index (χ0n) is 18.5. The molecule has 34 heavy (non-hydrogen) atoms. The van der Waals surface area contributed by atoms with Crippen LogP contribution in [0.15, 0.2) is 87.8 Å². The number of hydrazone groups is 1. The molecule has 3 aromatic carbocycles. The van der Waals surface area contributed by atoms with Crippen LogP contribution in [0.1, 0.15) is 12.5 Å². The van der Waals surface area contributed by atoms with Gasteiger partial charge in [-0.1, -0.05) is 35.5 Å². The van der Waals surface area contributed by atoms with Gasteiger partial charge in [-0.25, -0.2) is 10.4 Å². The fourth-order valence-corrected chi connectivity index (χ4v) is 4.16. The Labute approximate surface area is 205 Å². The molecular formula is C25H21ClN4O3S. The van der Waals surface area contributed by atoms with Crippen molar-refractivity contribution in [1.29, 1.82) is 0 Å². The quantitative estimate of drug-likeness (QED) is 0.175. The third-order valence-corrected chi connectivity index (χ3v) is 6.21. The molecule has 0 aliphatic rings. The van der Waals surface area contributed by atoms with E-state index in [4.69, 9.17) is 16.3 Å². The second kappa shape index (κ2) is 10.5. The number of rotatable bonds is 7. The van der Waals surface area contributed by atoms with Gasteiger partial charge in [-0.3, -0.25) is 14.2 Å². The van der Waals surface area contributed by atoms with Crippen molar-refractivity contribution in [2.24, 2.45) is 5.10 Å². The number of halogens is 1.